The molecule has 68 heavy (non-hydrogen) atoms. The molecule has 14 nitrogen and oxygen atoms in total. The molecule has 0 aliphatic carbocycles. The summed E-state index contributed by atoms with van der Waals surface area (Å²) in [5.41, 5.74) is 20.1. The van der Waals surface area contributed by atoms with E-state index in [4.69, 9.17) is 20.9 Å². The molecule has 10 rings (SSSR count). The van der Waals surface area contributed by atoms with Gasteiger partial charge in [0.05, 0.1) is 11.4 Å². The third kappa shape index (κ3) is 9.99. The monoisotopic (exact) mass is 946 g/mol. The number of anilines is 2. The van der Waals surface area contributed by atoms with Gasteiger partial charge in [-0.15, -0.1) is 0 Å². The second kappa shape index (κ2) is 19.2. The molecule has 8 aromatic rings. The van der Waals surface area contributed by atoms with E-state index < -0.39 is 32.2 Å². The van der Waals surface area contributed by atoms with Gasteiger partial charge in [0.25, 0.3) is 11.8 Å². The molecule has 2 aliphatic rings. The summed E-state index contributed by atoms with van der Waals surface area (Å²) in [6.07, 6.45) is 0. The molecular weight excluding hydrogens is 901 g/mol. The van der Waals surface area contributed by atoms with Crippen molar-refractivity contribution in [2.45, 2.75) is 26.3 Å². The maximum Gasteiger partial charge on any atom is 0.326 e. The Morgan fingerprint density at radius 3 is 1.18 bits per heavy atom. The van der Waals surface area contributed by atoms with Gasteiger partial charge in [0, 0.05) is 13.1 Å². The quantitative estimate of drug-likeness (QED) is 0.0953. The Balaban J connectivity index is 0.000000170. The van der Waals surface area contributed by atoms with E-state index in [1.165, 1.54) is 0 Å². The average Bonchev–Trinajstić information content (AvgIpc) is 3.81. The summed E-state index contributed by atoms with van der Waals surface area (Å²) in [6, 6.07) is 54.2. The molecule has 0 radical (unpaired) electrons. The summed E-state index contributed by atoms with van der Waals surface area (Å²) >= 11 is 0. The Morgan fingerprint density at radius 2 is 0.809 bits per heavy atom. The molecule has 0 atom stereocenters. The molecule has 6 N–H and O–H groups in total. The van der Waals surface area contributed by atoms with Crippen LogP contribution in [0.3, 0.4) is 0 Å². The zero-order valence-corrected chi connectivity index (χ0v) is 38.2. The van der Waals surface area contributed by atoms with Crippen molar-refractivity contribution in [3.8, 4) is 33.8 Å². The first-order chi connectivity index (χ1) is 32.8. The molecule has 0 aromatic heterocycles. The number of rotatable bonds is 12. The van der Waals surface area contributed by atoms with E-state index in [1.54, 1.807) is 12.1 Å². The first-order valence-electron chi connectivity index (χ1n) is 21.6. The Bertz CT molecular complexity index is 3200. The minimum absolute atomic E-state index is 0.262. The summed E-state index contributed by atoms with van der Waals surface area (Å²) in [5, 5.41) is 3.43. The number of nitrogens with two attached hydrogens (primary N) is 2. The largest absolute Gasteiger partial charge is 0.487 e. The molecule has 2 amide bonds. The van der Waals surface area contributed by atoms with Crippen LogP contribution in [-0.4, -0.2) is 41.7 Å². The average molecular weight is 947 g/mol. The highest BCUT2D eigenvalue weighted by Gasteiger charge is 2.37. The summed E-state index contributed by atoms with van der Waals surface area (Å²) in [7, 11) is -7.99. The van der Waals surface area contributed by atoms with Gasteiger partial charge in [0.1, 0.15) is 37.8 Å². The molecule has 0 saturated carbocycles. The van der Waals surface area contributed by atoms with Crippen molar-refractivity contribution in [3.05, 3.63) is 192 Å². The van der Waals surface area contributed by atoms with Crippen LogP contribution >= 0.6 is 0 Å². The third-order valence-electron chi connectivity index (χ3n) is 11.5. The van der Waals surface area contributed by atoms with Gasteiger partial charge in [0.15, 0.2) is 0 Å². The van der Waals surface area contributed by atoms with Crippen LogP contribution in [0.2, 0.25) is 0 Å². The van der Waals surface area contributed by atoms with Gasteiger partial charge in [-0.05, 0) is 115 Å². The lowest BCUT2D eigenvalue weighted by molar-refractivity contribution is -0.118. The van der Waals surface area contributed by atoms with Crippen LogP contribution in [0.1, 0.15) is 22.3 Å². The predicted molar refractivity (Wildman–Crippen MR) is 265 cm³/mol. The third-order valence-corrected chi connectivity index (χ3v) is 14.3. The molecule has 16 heteroatoms. The second-order valence-corrected chi connectivity index (χ2v) is 19.4. The molecule has 344 valence electrons. The number of carbonyl (C=O) groups is 2. The van der Waals surface area contributed by atoms with E-state index in [0.717, 1.165) is 74.7 Å². The van der Waals surface area contributed by atoms with Crippen LogP contribution in [0.5, 0.6) is 11.5 Å². The van der Waals surface area contributed by atoms with Gasteiger partial charge >= 0.3 is 20.4 Å². The Labute approximate surface area is 394 Å². The maximum atomic E-state index is 12.6. The zero-order valence-electron chi connectivity index (χ0n) is 36.5. The Hall–Kier alpha value is -7.76. The number of fused-ring (bicyclic) bond motifs is 2. The number of hydrogen-bond acceptors (Lipinski definition) is 10. The molecule has 2 fully saturated rings. The molecule has 2 saturated heterocycles. The number of hydrogen-bond donors (Lipinski definition) is 4. The van der Waals surface area contributed by atoms with Gasteiger partial charge in [-0.3, -0.25) is 9.59 Å². The van der Waals surface area contributed by atoms with Gasteiger partial charge < -0.3 is 20.9 Å². The van der Waals surface area contributed by atoms with Crippen molar-refractivity contribution in [2.24, 2.45) is 11.5 Å². The summed E-state index contributed by atoms with van der Waals surface area (Å²) in [4.78, 5) is 23.8. The lowest BCUT2D eigenvalue weighted by Gasteiger charge is -2.20. The minimum Gasteiger partial charge on any atom is -0.487 e. The number of nitrogens with one attached hydrogen (secondary N) is 2. The van der Waals surface area contributed by atoms with Crippen LogP contribution in [0.15, 0.2) is 170 Å². The van der Waals surface area contributed by atoms with Crippen molar-refractivity contribution in [1.29, 1.82) is 0 Å². The fourth-order valence-corrected chi connectivity index (χ4v) is 10.4. The highest BCUT2D eigenvalue weighted by Crippen LogP contribution is 2.39. The first-order valence-corrected chi connectivity index (χ1v) is 24.5. The van der Waals surface area contributed by atoms with E-state index in [1.807, 2.05) is 167 Å². The van der Waals surface area contributed by atoms with Gasteiger partial charge in [0.2, 0.25) is 0 Å². The standard InChI is InChI=1S/2C26H23N3O4S/c2*27-15-19-7-4-8-20(11-19)21-9-10-22-14-25(33-17-18-5-2-1-3-6-18)24(13-23(22)12-21)29-16-26(30)28-34(29,31)32/h2*1-14H,15-17,27H2,(H,28,30). The number of nitrogens with zero attached hydrogens (tertiary/aromatic N) is 2. The van der Waals surface area contributed by atoms with Crippen molar-refractivity contribution in [3.63, 3.8) is 0 Å². The fraction of sp³-hybridized carbons (Fsp3) is 0.115. The molecule has 0 unspecified atom stereocenters. The molecule has 0 bridgehead atoms. The van der Waals surface area contributed by atoms with Gasteiger partial charge in [-0.2, -0.15) is 16.8 Å². The van der Waals surface area contributed by atoms with Crippen LogP contribution < -0.4 is 39.0 Å². The lowest BCUT2D eigenvalue weighted by atomic mass is 9.99. The highest BCUT2D eigenvalue weighted by atomic mass is 32.2. The Kier molecular flexibility index (Phi) is 12.8. The fourth-order valence-electron chi connectivity index (χ4n) is 8.06. The van der Waals surface area contributed by atoms with E-state index in [0.29, 0.717) is 36.0 Å². The van der Waals surface area contributed by atoms with E-state index in [9.17, 15) is 26.4 Å². The number of carbonyl (C=O) groups excluding carboxylic acids is 2. The normalized spacial score (nSPS) is 14.9. The number of ether oxygens (including phenoxy) is 2. The second-order valence-electron chi connectivity index (χ2n) is 16.2. The van der Waals surface area contributed by atoms with Crippen LogP contribution in [-0.2, 0) is 56.3 Å². The van der Waals surface area contributed by atoms with Crippen LogP contribution in [0.4, 0.5) is 11.4 Å². The highest BCUT2D eigenvalue weighted by molar-refractivity contribution is 7.92. The minimum atomic E-state index is -3.99. The van der Waals surface area contributed by atoms with Crippen molar-refractivity contribution >= 4 is 65.2 Å². The van der Waals surface area contributed by atoms with E-state index in [2.05, 4.69) is 0 Å². The summed E-state index contributed by atoms with van der Waals surface area (Å²) in [5.74, 6) is -0.397. The molecule has 2 aliphatic heterocycles. The molecule has 2 heterocycles. The van der Waals surface area contributed by atoms with Crippen LogP contribution in [0, 0.1) is 0 Å². The number of benzene rings is 8. The topological polar surface area (TPSA) is 203 Å². The Morgan fingerprint density at radius 1 is 0.426 bits per heavy atom. The SMILES string of the molecule is NCc1cccc(-c2ccc3cc(OCc4ccccc4)c(N4CC(=O)NS4(=O)=O)cc3c2)c1.NCc1cccc(-c2ccc3cc(OCc4ccccc4)c(N4CC(=O)NS4(=O)=O)cc3c2)c1. The predicted octanol–water partition coefficient (Wildman–Crippen LogP) is 7.45. The number of amides is 2. The first kappa shape index (κ1) is 45.4. The van der Waals surface area contributed by atoms with Crippen molar-refractivity contribution < 1.29 is 35.9 Å². The smallest absolute Gasteiger partial charge is 0.326 e. The molecule has 8 aromatic carbocycles. The van der Waals surface area contributed by atoms with Gasteiger partial charge in [-0.1, -0.05) is 121 Å². The van der Waals surface area contributed by atoms with E-state index in [-0.39, 0.29) is 26.3 Å². The lowest BCUT2D eigenvalue weighted by Crippen LogP contribution is -2.29. The van der Waals surface area contributed by atoms with Gasteiger partial charge in [-0.25, -0.2) is 18.1 Å². The van der Waals surface area contributed by atoms with Crippen LogP contribution in [0.25, 0.3) is 43.8 Å². The summed E-state index contributed by atoms with van der Waals surface area (Å²) < 4.78 is 68.8. The van der Waals surface area contributed by atoms with Crippen molar-refractivity contribution in [2.75, 3.05) is 21.7 Å². The maximum absolute atomic E-state index is 12.6. The molecular formula is C52H46N6O8S2. The zero-order chi connectivity index (χ0) is 47.4. The van der Waals surface area contributed by atoms with Crippen molar-refractivity contribution in [1.82, 2.24) is 9.44 Å². The molecule has 0 spiro atoms. The summed E-state index contributed by atoms with van der Waals surface area (Å²) in [6.45, 7) is 0.821. The van der Waals surface area contributed by atoms with E-state index >= 15 is 0 Å².